The minimum atomic E-state index is -0.128. The Hall–Kier alpha value is -0.630. The maximum Gasteiger partial charge on any atom is 0.165 e. The fraction of sp³-hybridized carbons (Fsp3) is 0.667. The van der Waals surface area contributed by atoms with E-state index in [0.29, 0.717) is 11.7 Å². The lowest BCUT2D eigenvalue weighted by Gasteiger charge is -2.42. The number of carbonyl (C=O) groups excluding carboxylic acids is 1. The van der Waals surface area contributed by atoms with Crippen LogP contribution in [0.3, 0.4) is 0 Å². The van der Waals surface area contributed by atoms with Crippen LogP contribution in [0.4, 0.5) is 0 Å². The molecule has 60 valence electrons. The number of hydrogen-bond donors (Lipinski definition) is 0. The average Bonchev–Trinajstić information content (AvgIpc) is 2.05. The number of ether oxygens (including phenoxy) is 1. The van der Waals surface area contributed by atoms with E-state index in [0.717, 1.165) is 12.8 Å². The van der Waals surface area contributed by atoms with Gasteiger partial charge in [-0.15, -0.1) is 0 Å². The number of ketones is 1. The first kappa shape index (κ1) is 7.04. The van der Waals surface area contributed by atoms with Crippen molar-refractivity contribution in [2.75, 3.05) is 7.11 Å². The number of rotatable bonds is 1. The monoisotopic (exact) mass is 152 g/mol. The van der Waals surface area contributed by atoms with Gasteiger partial charge in [-0.2, -0.15) is 0 Å². The summed E-state index contributed by atoms with van der Waals surface area (Å²) in [6.45, 7) is 0. The molecule has 2 aliphatic carbocycles. The van der Waals surface area contributed by atoms with E-state index in [9.17, 15) is 4.79 Å². The van der Waals surface area contributed by atoms with Gasteiger partial charge in [0.2, 0.25) is 0 Å². The Labute approximate surface area is 66.2 Å². The van der Waals surface area contributed by atoms with Gasteiger partial charge in [-0.3, -0.25) is 4.79 Å². The molecule has 2 rings (SSSR count). The molecule has 0 aromatic heterocycles. The molecule has 0 N–H and O–H groups in total. The predicted molar refractivity (Wildman–Crippen MR) is 41.2 cm³/mol. The van der Waals surface area contributed by atoms with Gasteiger partial charge in [0.15, 0.2) is 5.78 Å². The maximum atomic E-state index is 11.3. The first-order valence-electron chi connectivity index (χ1n) is 4.08. The highest BCUT2D eigenvalue weighted by atomic mass is 16.5. The number of methoxy groups -OCH3 is 1. The molecule has 2 heteroatoms. The molecular formula is C9H12O2. The Morgan fingerprint density at radius 1 is 1.64 bits per heavy atom. The van der Waals surface area contributed by atoms with Crippen LogP contribution in [-0.2, 0) is 9.53 Å². The first-order chi connectivity index (χ1) is 5.34. The zero-order valence-corrected chi connectivity index (χ0v) is 6.62. The van der Waals surface area contributed by atoms with Gasteiger partial charge in [0.25, 0.3) is 0 Å². The summed E-state index contributed by atoms with van der Waals surface area (Å²) < 4.78 is 5.07. The van der Waals surface area contributed by atoms with Gasteiger partial charge >= 0.3 is 0 Å². The van der Waals surface area contributed by atoms with Crippen molar-refractivity contribution in [2.24, 2.45) is 11.8 Å². The smallest absolute Gasteiger partial charge is 0.165 e. The van der Waals surface area contributed by atoms with E-state index in [4.69, 9.17) is 4.74 Å². The lowest BCUT2D eigenvalue weighted by atomic mass is 9.65. The van der Waals surface area contributed by atoms with Crippen molar-refractivity contribution >= 4 is 5.78 Å². The molecule has 11 heavy (non-hydrogen) atoms. The van der Waals surface area contributed by atoms with Gasteiger partial charge in [0.1, 0.15) is 6.10 Å². The zero-order chi connectivity index (χ0) is 7.84. The number of allylic oxidation sites excluding steroid dienone is 1. The highest BCUT2D eigenvalue weighted by molar-refractivity contribution is 5.93. The summed E-state index contributed by atoms with van der Waals surface area (Å²) in [5.74, 6) is 0.980. The minimum absolute atomic E-state index is 0.128. The summed E-state index contributed by atoms with van der Waals surface area (Å²) in [7, 11) is 1.61. The van der Waals surface area contributed by atoms with Crippen LogP contribution in [0, 0.1) is 11.8 Å². The van der Waals surface area contributed by atoms with Crippen LogP contribution in [0.25, 0.3) is 0 Å². The molecule has 2 aliphatic rings. The summed E-state index contributed by atoms with van der Waals surface area (Å²) >= 11 is 0. The van der Waals surface area contributed by atoms with E-state index >= 15 is 0 Å². The number of Topliss-reactive ketones (excluding diaryl/α,β-unsaturated/α-hetero) is 1. The maximum absolute atomic E-state index is 11.3. The summed E-state index contributed by atoms with van der Waals surface area (Å²) in [4.78, 5) is 11.3. The van der Waals surface area contributed by atoms with Crippen molar-refractivity contribution in [1.29, 1.82) is 0 Å². The SMILES string of the molecule is CO[C@H]1C(=O)[C@@H]2CCC=C[C@@H]21. The molecule has 0 heterocycles. The first-order valence-corrected chi connectivity index (χ1v) is 4.08. The van der Waals surface area contributed by atoms with Crippen molar-refractivity contribution in [3.63, 3.8) is 0 Å². The van der Waals surface area contributed by atoms with Gasteiger partial charge in [0, 0.05) is 18.9 Å². The van der Waals surface area contributed by atoms with E-state index in [1.807, 2.05) is 0 Å². The molecule has 0 unspecified atom stereocenters. The van der Waals surface area contributed by atoms with Crippen LogP contribution < -0.4 is 0 Å². The fourth-order valence-corrected chi connectivity index (χ4v) is 2.05. The third-order valence-electron chi connectivity index (χ3n) is 2.72. The van der Waals surface area contributed by atoms with Crippen LogP contribution >= 0.6 is 0 Å². The fourth-order valence-electron chi connectivity index (χ4n) is 2.05. The molecule has 0 radical (unpaired) electrons. The highest BCUT2D eigenvalue weighted by Gasteiger charge is 2.48. The minimum Gasteiger partial charge on any atom is -0.373 e. The van der Waals surface area contributed by atoms with E-state index in [1.54, 1.807) is 7.11 Å². The van der Waals surface area contributed by atoms with Crippen molar-refractivity contribution in [1.82, 2.24) is 0 Å². The van der Waals surface area contributed by atoms with Crippen molar-refractivity contribution in [2.45, 2.75) is 18.9 Å². The lowest BCUT2D eigenvalue weighted by Crippen LogP contribution is -2.52. The second-order valence-electron chi connectivity index (χ2n) is 3.25. The third kappa shape index (κ3) is 0.857. The molecule has 0 aromatic rings. The predicted octanol–water partition coefficient (Wildman–Crippen LogP) is 1.17. The van der Waals surface area contributed by atoms with Gasteiger partial charge in [-0.1, -0.05) is 12.2 Å². The van der Waals surface area contributed by atoms with Crippen molar-refractivity contribution < 1.29 is 9.53 Å². The Morgan fingerprint density at radius 3 is 3.18 bits per heavy atom. The standard InChI is InChI=1S/C9H12O2/c1-11-9-7-5-3-2-4-6(7)8(9)10/h3,5-7,9H,2,4H2,1H3/t6-,7+,9-/m1/s1. The highest BCUT2D eigenvalue weighted by Crippen LogP contribution is 2.40. The second-order valence-corrected chi connectivity index (χ2v) is 3.25. The molecule has 0 aromatic carbocycles. The second kappa shape index (κ2) is 2.45. The zero-order valence-electron chi connectivity index (χ0n) is 6.62. The molecule has 0 saturated heterocycles. The number of carbonyl (C=O) groups is 1. The molecule has 0 bridgehead atoms. The Kier molecular flexibility index (Phi) is 1.57. The van der Waals surface area contributed by atoms with E-state index in [2.05, 4.69) is 12.2 Å². The Balaban J connectivity index is 2.13. The molecule has 0 amide bonds. The van der Waals surface area contributed by atoms with E-state index in [1.165, 1.54) is 0 Å². The molecule has 3 atom stereocenters. The van der Waals surface area contributed by atoms with Crippen molar-refractivity contribution in [3.05, 3.63) is 12.2 Å². The quantitative estimate of drug-likeness (QED) is 0.527. The summed E-state index contributed by atoms with van der Waals surface area (Å²) in [6, 6.07) is 0. The van der Waals surface area contributed by atoms with E-state index < -0.39 is 0 Å². The van der Waals surface area contributed by atoms with Crippen LogP contribution in [-0.4, -0.2) is 19.0 Å². The molecule has 2 nitrogen and oxygen atoms in total. The topological polar surface area (TPSA) is 26.3 Å². The van der Waals surface area contributed by atoms with E-state index in [-0.39, 0.29) is 12.0 Å². The summed E-state index contributed by atoms with van der Waals surface area (Å²) in [6.07, 6.45) is 6.24. The molecular weight excluding hydrogens is 140 g/mol. The number of hydrogen-bond acceptors (Lipinski definition) is 2. The van der Waals surface area contributed by atoms with Gasteiger partial charge < -0.3 is 4.74 Å². The Morgan fingerprint density at radius 2 is 2.45 bits per heavy atom. The average molecular weight is 152 g/mol. The largest absolute Gasteiger partial charge is 0.373 e. The third-order valence-corrected chi connectivity index (χ3v) is 2.72. The number of fused-ring (bicyclic) bond motifs is 1. The van der Waals surface area contributed by atoms with Crippen LogP contribution in [0.5, 0.6) is 0 Å². The van der Waals surface area contributed by atoms with Gasteiger partial charge in [0.05, 0.1) is 0 Å². The lowest BCUT2D eigenvalue weighted by molar-refractivity contribution is -0.153. The Bertz CT molecular complexity index is 208. The van der Waals surface area contributed by atoms with Crippen LogP contribution in [0.15, 0.2) is 12.2 Å². The normalized spacial score (nSPS) is 41.5. The van der Waals surface area contributed by atoms with Gasteiger partial charge in [-0.25, -0.2) is 0 Å². The summed E-state index contributed by atoms with van der Waals surface area (Å²) in [5, 5.41) is 0. The summed E-state index contributed by atoms with van der Waals surface area (Å²) in [5.41, 5.74) is 0. The van der Waals surface area contributed by atoms with Gasteiger partial charge in [-0.05, 0) is 12.8 Å². The molecule has 1 fully saturated rings. The molecule has 0 spiro atoms. The van der Waals surface area contributed by atoms with Crippen LogP contribution in [0.2, 0.25) is 0 Å². The van der Waals surface area contributed by atoms with Crippen LogP contribution in [0.1, 0.15) is 12.8 Å². The van der Waals surface area contributed by atoms with Crippen molar-refractivity contribution in [3.8, 4) is 0 Å². The molecule has 1 saturated carbocycles. The molecule has 0 aliphatic heterocycles.